The summed E-state index contributed by atoms with van der Waals surface area (Å²) in [5.41, 5.74) is 11.3. The van der Waals surface area contributed by atoms with Crippen LogP contribution in [0.5, 0.6) is 0 Å². The van der Waals surface area contributed by atoms with Crippen LogP contribution in [0.15, 0.2) is 152 Å². The molecular formula is C43H31NS. The first-order chi connectivity index (χ1) is 22.1. The highest BCUT2D eigenvalue weighted by atomic mass is 32.1. The first-order valence-electron chi connectivity index (χ1n) is 15.6. The topological polar surface area (TPSA) is 3.24 Å². The van der Waals surface area contributed by atoms with Crippen molar-refractivity contribution in [2.45, 2.75) is 19.3 Å². The van der Waals surface area contributed by atoms with Crippen LogP contribution < -0.4 is 4.90 Å². The molecule has 0 saturated carbocycles. The zero-order valence-electron chi connectivity index (χ0n) is 25.3. The Labute approximate surface area is 267 Å². The molecule has 0 saturated heterocycles. The third-order valence-corrected chi connectivity index (χ3v) is 10.8. The molecule has 1 nitrogen and oxygen atoms in total. The molecule has 1 aromatic heterocycles. The standard InChI is InChI=1S/C43H31NS/c1-43(2)39-27-34(22-23-35(39)37-24-25-38-36-14-8-9-15-40(36)45-42(38)41(37)43)44(32-12-4-3-5-13-32)33-20-18-29(19-21-33)31-17-16-28-10-6-7-11-30(28)26-31/h3-27H,1-2H3. The molecule has 0 fully saturated rings. The molecule has 0 unspecified atom stereocenters. The lowest BCUT2D eigenvalue weighted by atomic mass is 9.82. The monoisotopic (exact) mass is 593 g/mol. The molecule has 1 aliphatic rings. The van der Waals surface area contributed by atoms with Crippen molar-refractivity contribution in [2.24, 2.45) is 0 Å². The molecule has 9 rings (SSSR count). The van der Waals surface area contributed by atoms with E-state index in [-0.39, 0.29) is 5.41 Å². The number of anilines is 3. The van der Waals surface area contributed by atoms with Gasteiger partial charge in [-0.2, -0.15) is 0 Å². The van der Waals surface area contributed by atoms with Gasteiger partial charge >= 0.3 is 0 Å². The van der Waals surface area contributed by atoms with E-state index in [2.05, 4.69) is 170 Å². The Hall–Kier alpha value is -5.18. The number of hydrogen-bond acceptors (Lipinski definition) is 2. The summed E-state index contributed by atoms with van der Waals surface area (Å²) in [4.78, 5) is 2.39. The third kappa shape index (κ3) is 4.06. The molecular weight excluding hydrogens is 563 g/mol. The Morgan fingerprint density at radius 2 is 1.16 bits per heavy atom. The maximum absolute atomic E-state index is 2.43. The fourth-order valence-corrected chi connectivity index (χ4v) is 8.80. The van der Waals surface area contributed by atoms with Gasteiger partial charge in [0.25, 0.3) is 0 Å². The van der Waals surface area contributed by atoms with Crippen LogP contribution in [0.25, 0.3) is 53.2 Å². The number of para-hydroxylation sites is 1. The molecule has 0 amide bonds. The van der Waals surface area contributed by atoms with Gasteiger partial charge in [0.15, 0.2) is 0 Å². The molecule has 0 spiro atoms. The number of thiophene rings is 1. The van der Waals surface area contributed by atoms with E-state index in [0.717, 1.165) is 11.4 Å². The van der Waals surface area contributed by atoms with E-state index in [1.54, 1.807) is 0 Å². The van der Waals surface area contributed by atoms with Crippen molar-refractivity contribution >= 4 is 59.3 Å². The molecule has 0 N–H and O–H groups in total. The SMILES string of the molecule is CC1(C)c2cc(N(c3ccccc3)c3ccc(-c4ccc5ccccc5c4)cc3)ccc2-c2ccc3c(sc4ccccc43)c21. The smallest absolute Gasteiger partial charge is 0.0465 e. The van der Waals surface area contributed by atoms with Gasteiger partial charge in [-0.3, -0.25) is 0 Å². The van der Waals surface area contributed by atoms with Crippen molar-refractivity contribution < 1.29 is 0 Å². The molecule has 7 aromatic carbocycles. The fraction of sp³-hybridized carbons (Fsp3) is 0.0698. The van der Waals surface area contributed by atoms with Crippen LogP contribution in [0.1, 0.15) is 25.0 Å². The summed E-state index contributed by atoms with van der Waals surface area (Å²) in [6.45, 7) is 4.80. The Kier molecular flexibility index (Phi) is 5.78. The van der Waals surface area contributed by atoms with Gasteiger partial charge in [0.2, 0.25) is 0 Å². The predicted octanol–water partition coefficient (Wildman–Crippen LogP) is 12.7. The molecule has 8 aromatic rings. The summed E-state index contributed by atoms with van der Waals surface area (Å²) in [7, 11) is 0. The van der Waals surface area contributed by atoms with Crippen LogP contribution in [-0.2, 0) is 5.41 Å². The van der Waals surface area contributed by atoms with E-state index in [1.165, 1.54) is 70.0 Å². The summed E-state index contributed by atoms with van der Waals surface area (Å²) in [6.07, 6.45) is 0. The van der Waals surface area contributed by atoms with Gasteiger partial charge in [0.05, 0.1) is 0 Å². The molecule has 45 heavy (non-hydrogen) atoms. The zero-order chi connectivity index (χ0) is 30.1. The summed E-state index contributed by atoms with van der Waals surface area (Å²) in [6, 6.07) is 55.6. The van der Waals surface area contributed by atoms with Gasteiger partial charge < -0.3 is 4.90 Å². The minimum atomic E-state index is -0.122. The maximum Gasteiger partial charge on any atom is 0.0465 e. The summed E-state index contributed by atoms with van der Waals surface area (Å²) in [5, 5.41) is 5.26. The zero-order valence-corrected chi connectivity index (χ0v) is 26.1. The van der Waals surface area contributed by atoms with E-state index in [0.29, 0.717) is 0 Å². The van der Waals surface area contributed by atoms with Gasteiger partial charge in [0.1, 0.15) is 0 Å². The third-order valence-electron chi connectivity index (χ3n) is 9.62. The normalized spacial score (nSPS) is 13.3. The van der Waals surface area contributed by atoms with Crippen molar-refractivity contribution in [2.75, 3.05) is 4.90 Å². The van der Waals surface area contributed by atoms with Crippen molar-refractivity contribution in [3.8, 4) is 22.3 Å². The molecule has 1 heterocycles. The van der Waals surface area contributed by atoms with E-state index >= 15 is 0 Å². The first-order valence-corrected chi connectivity index (χ1v) is 16.4. The minimum Gasteiger partial charge on any atom is -0.310 e. The van der Waals surface area contributed by atoms with Crippen LogP contribution in [0.3, 0.4) is 0 Å². The largest absolute Gasteiger partial charge is 0.310 e. The van der Waals surface area contributed by atoms with E-state index in [4.69, 9.17) is 0 Å². The average Bonchev–Trinajstić information content (AvgIpc) is 3.57. The Bertz CT molecular complexity index is 2400. The number of rotatable bonds is 4. The van der Waals surface area contributed by atoms with E-state index < -0.39 is 0 Å². The van der Waals surface area contributed by atoms with Gasteiger partial charge in [-0.15, -0.1) is 11.3 Å². The molecule has 1 aliphatic carbocycles. The van der Waals surface area contributed by atoms with Gasteiger partial charge in [0, 0.05) is 42.6 Å². The highest BCUT2D eigenvalue weighted by molar-refractivity contribution is 7.26. The van der Waals surface area contributed by atoms with Crippen LogP contribution in [-0.4, -0.2) is 0 Å². The van der Waals surface area contributed by atoms with Crippen LogP contribution >= 0.6 is 11.3 Å². The van der Waals surface area contributed by atoms with Crippen molar-refractivity contribution in [3.63, 3.8) is 0 Å². The highest BCUT2D eigenvalue weighted by Crippen LogP contribution is 2.55. The van der Waals surface area contributed by atoms with Crippen LogP contribution in [0, 0.1) is 0 Å². The van der Waals surface area contributed by atoms with Gasteiger partial charge in [-0.05, 0) is 92.7 Å². The van der Waals surface area contributed by atoms with Crippen molar-refractivity contribution in [3.05, 3.63) is 163 Å². The van der Waals surface area contributed by atoms with E-state index in [9.17, 15) is 0 Å². The lowest BCUT2D eigenvalue weighted by Crippen LogP contribution is -2.16. The molecule has 0 bridgehead atoms. The second-order valence-electron chi connectivity index (χ2n) is 12.6. The predicted molar refractivity (Wildman–Crippen MR) is 195 cm³/mol. The lowest BCUT2D eigenvalue weighted by Gasteiger charge is -2.28. The second kappa shape index (κ2) is 9.92. The van der Waals surface area contributed by atoms with Crippen LogP contribution in [0.4, 0.5) is 17.1 Å². The van der Waals surface area contributed by atoms with E-state index in [1.807, 2.05) is 11.3 Å². The Morgan fingerprint density at radius 3 is 2.00 bits per heavy atom. The number of nitrogens with zero attached hydrogens (tertiary/aromatic N) is 1. The van der Waals surface area contributed by atoms with Crippen LogP contribution in [0.2, 0.25) is 0 Å². The van der Waals surface area contributed by atoms with Gasteiger partial charge in [-0.25, -0.2) is 0 Å². The fourth-order valence-electron chi connectivity index (χ4n) is 7.39. The number of hydrogen-bond donors (Lipinski definition) is 0. The highest BCUT2D eigenvalue weighted by Gasteiger charge is 2.38. The lowest BCUT2D eigenvalue weighted by molar-refractivity contribution is 0.667. The molecule has 0 aliphatic heterocycles. The number of fused-ring (bicyclic) bond motifs is 8. The second-order valence-corrected chi connectivity index (χ2v) is 13.6. The summed E-state index contributed by atoms with van der Waals surface area (Å²) in [5.74, 6) is 0. The molecule has 0 atom stereocenters. The maximum atomic E-state index is 2.43. The number of benzene rings is 7. The first kappa shape index (κ1) is 26.2. The van der Waals surface area contributed by atoms with Gasteiger partial charge in [-0.1, -0.05) is 117 Å². The Morgan fingerprint density at radius 1 is 0.489 bits per heavy atom. The minimum absolute atomic E-state index is 0.122. The summed E-state index contributed by atoms with van der Waals surface area (Å²) >= 11 is 1.93. The molecule has 0 radical (unpaired) electrons. The summed E-state index contributed by atoms with van der Waals surface area (Å²) < 4.78 is 2.77. The molecule has 2 heteroatoms. The molecule has 214 valence electrons. The average molecular weight is 594 g/mol. The Balaban J connectivity index is 1.15. The van der Waals surface area contributed by atoms with Crippen molar-refractivity contribution in [1.82, 2.24) is 0 Å². The quantitative estimate of drug-likeness (QED) is 0.196. The van der Waals surface area contributed by atoms with Crippen molar-refractivity contribution in [1.29, 1.82) is 0 Å².